The Morgan fingerprint density at radius 2 is 2.05 bits per heavy atom. The van der Waals surface area contributed by atoms with Crippen molar-refractivity contribution in [1.29, 1.82) is 0 Å². The van der Waals surface area contributed by atoms with Gasteiger partial charge in [0.15, 0.2) is 0 Å². The number of rotatable bonds is 5. The first-order chi connectivity index (χ1) is 10.1. The average Bonchev–Trinajstić information content (AvgIpc) is 2.48. The van der Waals surface area contributed by atoms with Gasteiger partial charge >= 0.3 is 0 Å². The molecule has 21 heavy (non-hydrogen) atoms. The minimum absolute atomic E-state index is 0.00253. The van der Waals surface area contributed by atoms with E-state index in [-0.39, 0.29) is 5.91 Å². The van der Waals surface area contributed by atoms with Crippen LogP contribution < -0.4 is 11.1 Å². The molecular formula is C17H20N2OS. The van der Waals surface area contributed by atoms with E-state index >= 15 is 0 Å². The van der Waals surface area contributed by atoms with Gasteiger partial charge in [-0.1, -0.05) is 19.1 Å². The van der Waals surface area contributed by atoms with Gasteiger partial charge in [0.1, 0.15) is 0 Å². The molecule has 0 bridgehead atoms. The Bertz CT molecular complexity index is 640. The van der Waals surface area contributed by atoms with Crippen LogP contribution >= 0.6 is 11.8 Å². The van der Waals surface area contributed by atoms with Crippen molar-refractivity contribution < 1.29 is 4.79 Å². The SMILES string of the molecule is CCc1cccc(NC(=O)CSc2ccc(N)c(C)c2)c1. The zero-order chi connectivity index (χ0) is 15.2. The van der Waals surface area contributed by atoms with Crippen LogP contribution in [0, 0.1) is 6.92 Å². The van der Waals surface area contributed by atoms with E-state index in [9.17, 15) is 4.79 Å². The number of nitrogens with two attached hydrogens (primary N) is 1. The van der Waals surface area contributed by atoms with Crippen molar-refractivity contribution in [2.45, 2.75) is 25.2 Å². The lowest BCUT2D eigenvalue weighted by Crippen LogP contribution is -2.14. The predicted molar refractivity (Wildman–Crippen MR) is 90.8 cm³/mol. The highest BCUT2D eigenvalue weighted by Gasteiger charge is 2.05. The van der Waals surface area contributed by atoms with Gasteiger partial charge < -0.3 is 11.1 Å². The van der Waals surface area contributed by atoms with Crippen LogP contribution in [0.1, 0.15) is 18.1 Å². The van der Waals surface area contributed by atoms with Crippen LogP contribution in [0.4, 0.5) is 11.4 Å². The highest BCUT2D eigenvalue weighted by atomic mass is 32.2. The standard InChI is InChI=1S/C17H20N2OS/c1-3-13-5-4-6-14(10-13)19-17(20)11-21-15-7-8-16(18)12(2)9-15/h4-10H,3,11,18H2,1-2H3,(H,19,20). The van der Waals surface area contributed by atoms with Gasteiger partial charge in [-0.05, 0) is 54.8 Å². The Hall–Kier alpha value is -1.94. The lowest BCUT2D eigenvalue weighted by molar-refractivity contribution is -0.113. The summed E-state index contributed by atoms with van der Waals surface area (Å²) < 4.78 is 0. The molecule has 110 valence electrons. The third kappa shape index (κ3) is 4.53. The molecule has 0 atom stereocenters. The normalized spacial score (nSPS) is 10.4. The van der Waals surface area contributed by atoms with Gasteiger partial charge in [0.05, 0.1) is 5.75 Å². The first-order valence-electron chi connectivity index (χ1n) is 6.96. The largest absolute Gasteiger partial charge is 0.399 e. The molecule has 0 heterocycles. The third-order valence-electron chi connectivity index (χ3n) is 3.23. The molecule has 0 radical (unpaired) electrons. The van der Waals surface area contributed by atoms with E-state index in [1.807, 2.05) is 43.3 Å². The van der Waals surface area contributed by atoms with E-state index in [0.29, 0.717) is 5.75 Å². The molecule has 3 nitrogen and oxygen atoms in total. The summed E-state index contributed by atoms with van der Waals surface area (Å²) in [4.78, 5) is 13.0. The summed E-state index contributed by atoms with van der Waals surface area (Å²) in [7, 11) is 0. The summed E-state index contributed by atoms with van der Waals surface area (Å²) in [6.45, 7) is 4.07. The van der Waals surface area contributed by atoms with E-state index in [1.165, 1.54) is 17.3 Å². The summed E-state index contributed by atoms with van der Waals surface area (Å²) in [5.41, 5.74) is 9.67. The minimum atomic E-state index is 0.00253. The van der Waals surface area contributed by atoms with Gasteiger partial charge in [-0.2, -0.15) is 0 Å². The van der Waals surface area contributed by atoms with Gasteiger partial charge in [0.2, 0.25) is 5.91 Å². The Balaban J connectivity index is 1.90. The summed E-state index contributed by atoms with van der Waals surface area (Å²) in [6, 6.07) is 13.8. The number of aryl methyl sites for hydroxylation is 2. The molecule has 0 saturated carbocycles. The molecule has 0 aliphatic carbocycles. The van der Waals surface area contributed by atoms with Gasteiger partial charge in [0, 0.05) is 16.3 Å². The first-order valence-corrected chi connectivity index (χ1v) is 7.94. The van der Waals surface area contributed by atoms with E-state index < -0.39 is 0 Å². The number of amides is 1. The summed E-state index contributed by atoms with van der Waals surface area (Å²) in [5, 5.41) is 2.93. The topological polar surface area (TPSA) is 55.1 Å². The Morgan fingerprint density at radius 3 is 2.76 bits per heavy atom. The zero-order valence-corrected chi connectivity index (χ0v) is 13.2. The molecular weight excluding hydrogens is 280 g/mol. The molecule has 0 saturated heterocycles. The number of nitrogens with one attached hydrogen (secondary N) is 1. The number of carbonyl (C=O) groups excluding carboxylic acids is 1. The fourth-order valence-electron chi connectivity index (χ4n) is 1.95. The van der Waals surface area contributed by atoms with Crippen molar-refractivity contribution in [3.8, 4) is 0 Å². The number of nitrogen functional groups attached to an aromatic ring is 1. The van der Waals surface area contributed by atoms with Gasteiger partial charge in [-0.25, -0.2) is 0 Å². The van der Waals surface area contributed by atoms with E-state index in [2.05, 4.69) is 18.3 Å². The number of benzene rings is 2. The molecule has 2 rings (SSSR count). The predicted octanol–water partition coefficient (Wildman–Crippen LogP) is 3.87. The molecule has 2 aromatic carbocycles. The van der Waals surface area contributed by atoms with E-state index in [0.717, 1.165) is 28.3 Å². The highest BCUT2D eigenvalue weighted by molar-refractivity contribution is 8.00. The summed E-state index contributed by atoms with van der Waals surface area (Å²) in [6.07, 6.45) is 0.961. The first kappa shape index (κ1) is 15.4. The molecule has 0 aliphatic heterocycles. The fraction of sp³-hybridized carbons (Fsp3) is 0.235. The second-order valence-electron chi connectivity index (χ2n) is 4.91. The van der Waals surface area contributed by atoms with Crippen LogP contribution in [0.3, 0.4) is 0 Å². The number of thioether (sulfide) groups is 1. The van der Waals surface area contributed by atoms with Gasteiger partial charge in [0.25, 0.3) is 0 Å². The Kier molecular flexibility index (Phi) is 5.28. The lowest BCUT2D eigenvalue weighted by atomic mass is 10.1. The molecule has 1 amide bonds. The quantitative estimate of drug-likeness (QED) is 0.651. The third-order valence-corrected chi connectivity index (χ3v) is 4.22. The average molecular weight is 300 g/mol. The fourth-order valence-corrected chi connectivity index (χ4v) is 2.75. The van der Waals surface area contributed by atoms with E-state index in [4.69, 9.17) is 5.73 Å². The van der Waals surface area contributed by atoms with Crippen LogP contribution in [-0.2, 0) is 11.2 Å². The van der Waals surface area contributed by atoms with Crippen LogP contribution in [0.2, 0.25) is 0 Å². The molecule has 0 unspecified atom stereocenters. The second kappa shape index (κ2) is 7.18. The van der Waals surface area contributed by atoms with Crippen molar-refractivity contribution in [1.82, 2.24) is 0 Å². The number of hydrogen-bond donors (Lipinski definition) is 2. The summed E-state index contributed by atoms with van der Waals surface area (Å²) in [5.74, 6) is 0.391. The van der Waals surface area contributed by atoms with Crippen LogP contribution in [0.25, 0.3) is 0 Å². The number of anilines is 2. The smallest absolute Gasteiger partial charge is 0.234 e. The molecule has 4 heteroatoms. The van der Waals surface area contributed by atoms with Crippen LogP contribution in [0.5, 0.6) is 0 Å². The maximum Gasteiger partial charge on any atom is 0.234 e. The van der Waals surface area contributed by atoms with Crippen molar-refractivity contribution in [2.75, 3.05) is 16.8 Å². The van der Waals surface area contributed by atoms with Crippen molar-refractivity contribution >= 4 is 29.0 Å². The Labute approximate surface area is 129 Å². The maximum absolute atomic E-state index is 12.0. The highest BCUT2D eigenvalue weighted by Crippen LogP contribution is 2.22. The molecule has 3 N–H and O–H groups in total. The maximum atomic E-state index is 12.0. The van der Waals surface area contributed by atoms with Crippen molar-refractivity contribution in [3.63, 3.8) is 0 Å². The van der Waals surface area contributed by atoms with E-state index in [1.54, 1.807) is 0 Å². The Morgan fingerprint density at radius 1 is 1.24 bits per heavy atom. The number of hydrogen-bond acceptors (Lipinski definition) is 3. The molecule has 0 fully saturated rings. The monoisotopic (exact) mass is 300 g/mol. The molecule has 0 aliphatic rings. The molecule has 2 aromatic rings. The lowest BCUT2D eigenvalue weighted by Gasteiger charge is -2.07. The minimum Gasteiger partial charge on any atom is -0.399 e. The van der Waals surface area contributed by atoms with Gasteiger partial charge in [-0.3, -0.25) is 4.79 Å². The van der Waals surface area contributed by atoms with Crippen LogP contribution in [-0.4, -0.2) is 11.7 Å². The van der Waals surface area contributed by atoms with Gasteiger partial charge in [-0.15, -0.1) is 11.8 Å². The summed E-state index contributed by atoms with van der Waals surface area (Å²) >= 11 is 1.51. The molecule has 0 spiro atoms. The van der Waals surface area contributed by atoms with Crippen LogP contribution in [0.15, 0.2) is 47.4 Å². The molecule has 0 aromatic heterocycles. The zero-order valence-electron chi connectivity index (χ0n) is 12.3. The van der Waals surface area contributed by atoms with Crippen molar-refractivity contribution in [3.05, 3.63) is 53.6 Å². The number of carbonyl (C=O) groups is 1. The van der Waals surface area contributed by atoms with Crippen molar-refractivity contribution in [2.24, 2.45) is 0 Å². The second-order valence-corrected chi connectivity index (χ2v) is 5.96.